The third kappa shape index (κ3) is 4.97. The first-order valence-electron chi connectivity index (χ1n) is 14.6. The van der Waals surface area contributed by atoms with E-state index in [0.717, 1.165) is 46.2 Å². The molecule has 0 saturated carbocycles. The molecule has 4 heterocycles. The number of amides is 1. The number of imidazole rings is 1. The zero-order valence-electron chi connectivity index (χ0n) is 25.0. The van der Waals surface area contributed by atoms with Crippen molar-refractivity contribution in [3.8, 4) is 5.75 Å². The molecule has 8 nitrogen and oxygen atoms in total. The Morgan fingerprint density at radius 2 is 1.81 bits per heavy atom. The topological polar surface area (TPSA) is 97.0 Å². The van der Waals surface area contributed by atoms with Crippen LogP contribution in [0.2, 0.25) is 0 Å². The normalized spacial score (nSPS) is 16.6. The molecule has 5 aromatic rings. The summed E-state index contributed by atoms with van der Waals surface area (Å²) in [5, 5.41) is 12.2. The van der Waals surface area contributed by atoms with Crippen molar-refractivity contribution in [3.63, 3.8) is 0 Å². The van der Waals surface area contributed by atoms with E-state index in [1.807, 2.05) is 86.8 Å². The van der Waals surface area contributed by atoms with Crippen LogP contribution in [0.15, 0.2) is 60.3 Å². The number of aryl methyl sites for hydroxylation is 4. The van der Waals surface area contributed by atoms with Gasteiger partial charge in [0.25, 0.3) is 5.78 Å². The van der Waals surface area contributed by atoms with Crippen molar-refractivity contribution < 1.29 is 19.4 Å². The summed E-state index contributed by atoms with van der Waals surface area (Å²) in [6.07, 6.45) is 4.94. The highest BCUT2D eigenvalue weighted by Gasteiger charge is 2.48. The molecule has 1 amide bonds. The molecule has 1 atom stereocenters. The first-order valence-corrected chi connectivity index (χ1v) is 15.4. The molecule has 6 rings (SSSR count). The van der Waals surface area contributed by atoms with Crippen molar-refractivity contribution in [2.45, 2.75) is 59.9 Å². The summed E-state index contributed by atoms with van der Waals surface area (Å²) in [7, 11) is 0. The van der Waals surface area contributed by atoms with Gasteiger partial charge < -0.3 is 14.2 Å². The number of aliphatic hydroxyl groups is 1. The molecule has 3 aromatic heterocycles. The van der Waals surface area contributed by atoms with Crippen LogP contribution in [-0.4, -0.2) is 37.8 Å². The molecule has 220 valence electrons. The summed E-state index contributed by atoms with van der Waals surface area (Å²) in [6.45, 7) is 10.5. The molecule has 0 radical (unpaired) electrons. The fourth-order valence-electron chi connectivity index (χ4n) is 5.80. The van der Waals surface area contributed by atoms with Gasteiger partial charge in [0.15, 0.2) is 10.9 Å². The summed E-state index contributed by atoms with van der Waals surface area (Å²) >= 11 is 1.36. The van der Waals surface area contributed by atoms with Crippen LogP contribution in [0.4, 0.5) is 5.13 Å². The van der Waals surface area contributed by atoms with Gasteiger partial charge in [0.1, 0.15) is 17.1 Å². The largest absolute Gasteiger partial charge is 0.505 e. The van der Waals surface area contributed by atoms with Gasteiger partial charge in [-0.2, -0.15) is 0 Å². The van der Waals surface area contributed by atoms with Gasteiger partial charge in [-0.1, -0.05) is 55.4 Å². The second kappa shape index (κ2) is 11.3. The summed E-state index contributed by atoms with van der Waals surface area (Å²) in [6, 6.07) is 14.4. The highest BCUT2D eigenvalue weighted by Crippen LogP contribution is 2.45. The van der Waals surface area contributed by atoms with Crippen LogP contribution >= 0.6 is 11.3 Å². The van der Waals surface area contributed by atoms with E-state index in [-0.39, 0.29) is 17.0 Å². The predicted molar refractivity (Wildman–Crippen MR) is 170 cm³/mol. The summed E-state index contributed by atoms with van der Waals surface area (Å²) in [4.78, 5) is 38.7. The lowest BCUT2D eigenvalue weighted by Crippen LogP contribution is -2.29. The van der Waals surface area contributed by atoms with E-state index in [1.165, 1.54) is 16.2 Å². The van der Waals surface area contributed by atoms with Crippen molar-refractivity contribution in [2.24, 2.45) is 0 Å². The zero-order chi connectivity index (χ0) is 30.4. The monoisotopic (exact) mass is 594 g/mol. The number of pyridine rings is 1. The minimum absolute atomic E-state index is 0.0237. The number of benzene rings is 2. The number of hydrogen-bond acceptors (Lipinski definition) is 7. The fourth-order valence-corrected chi connectivity index (χ4v) is 6.97. The molecule has 1 N–H and O–H groups in total. The van der Waals surface area contributed by atoms with E-state index in [4.69, 9.17) is 14.7 Å². The van der Waals surface area contributed by atoms with Gasteiger partial charge in [-0.15, -0.1) is 0 Å². The quantitative estimate of drug-likeness (QED) is 0.0872. The standard InChI is InChI=1S/C34H34N4O4S/c1-6-7-8-15-42-24-13-9-12-23(18-24)29-26(30(39)28-22(5)37-14-10-11-20(3)32(37)35-28)31(40)33(41)38(29)34-36-27-21(4)16-19(2)17-25(27)43-34/h9-14,16-18,29,39H,6-8,15H2,1-5H3. The molecule has 1 aliphatic rings. The highest BCUT2D eigenvalue weighted by atomic mass is 32.1. The number of fused-ring (bicyclic) bond motifs is 2. The SMILES string of the molecule is CCCCCOc1cccc(C2C(=C(O)c3nc4c(C)cccn4c3C)C(=O)C(=O)N2c2nc3c(C)cc(C)cc3s2)c1. The van der Waals surface area contributed by atoms with Gasteiger partial charge in [0, 0.05) is 6.20 Å². The van der Waals surface area contributed by atoms with Gasteiger partial charge in [0.05, 0.1) is 34.1 Å². The molecular weight excluding hydrogens is 560 g/mol. The number of ketones is 1. The lowest BCUT2D eigenvalue weighted by atomic mass is 9.96. The van der Waals surface area contributed by atoms with Gasteiger partial charge in [-0.25, -0.2) is 9.97 Å². The Kier molecular flexibility index (Phi) is 7.52. The number of ether oxygens (including phenoxy) is 1. The number of nitrogens with zero attached hydrogens (tertiary/aromatic N) is 4. The predicted octanol–water partition coefficient (Wildman–Crippen LogP) is 7.37. The minimum Gasteiger partial charge on any atom is -0.505 e. The third-order valence-electron chi connectivity index (χ3n) is 7.97. The summed E-state index contributed by atoms with van der Waals surface area (Å²) < 4.78 is 8.83. The average molecular weight is 595 g/mol. The minimum atomic E-state index is -0.925. The number of Topliss-reactive ketones (excluding diaryl/α,β-unsaturated/α-hetero) is 1. The lowest BCUT2D eigenvalue weighted by molar-refractivity contribution is -0.132. The van der Waals surface area contributed by atoms with Crippen molar-refractivity contribution in [3.05, 3.63) is 93.9 Å². The van der Waals surface area contributed by atoms with Crippen molar-refractivity contribution in [2.75, 3.05) is 11.5 Å². The molecule has 43 heavy (non-hydrogen) atoms. The molecule has 1 aliphatic heterocycles. The van der Waals surface area contributed by atoms with Crippen LogP contribution in [0.25, 0.3) is 21.6 Å². The van der Waals surface area contributed by atoms with E-state index in [0.29, 0.717) is 34.4 Å². The summed E-state index contributed by atoms with van der Waals surface area (Å²) in [5.41, 5.74) is 6.00. The number of carbonyl (C=O) groups is 2. The molecule has 2 aromatic carbocycles. The number of thiazole rings is 1. The average Bonchev–Trinajstić information content (AvgIpc) is 3.64. The third-order valence-corrected chi connectivity index (χ3v) is 8.97. The highest BCUT2D eigenvalue weighted by molar-refractivity contribution is 7.22. The molecular formula is C34H34N4O4S. The van der Waals surface area contributed by atoms with E-state index in [2.05, 4.69) is 6.92 Å². The Hall–Kier alpha value is -4.50. The zero-order valence-corrected chi connectivity index (χ0v) is 25.8. The van der Waals surface area contributed by atoms with Crippen LogP contribution in [0.5, 0.6) is 5.75 Å². The Morgan fingerprint density at radius 3 is 2.58 bits per heavy atom. The van der Waals surface area contributed by atoms with Crippen molar-refractivity contribution >= 4 is 49.8 Å². The lowest BCUT2D eigenvalue weighted by Gasteiger charge is -2.23. The molecule has 0 spiro atoms. The van der Waals surface area contributed by atoms with Crippen LogP contribution < -0.4 is 9.64 Å². The second-order valence-electron chi connectivity index (χ2n) is 11.2. The Morgan fingerprint density at radius 1 is 1.00 bits per heavy atom. The maximum atomic E-state index is 13.8. The van der Waals surface area contributed by atoms with Gasteiger partial charge in [-0.3, -0.25) is 14.5 Å². The number of anilines is 1. The molecule has 0 aliphatic carbocycles. The molecule has 0 bridgehead atoms. The Bertz CT molecular complexity index is 1940. The first kappa shape index (κ1) is 28.6. The summed E-state index contributed by atoms with van der Waals surface area (Å²) in [5.74, 6) is -1.20. The van der Waals surface area contributed by atoms with E-state index < -0.39 is 17.7 Å². The van der Waals surface area contributed by atoms with Crippen molar-refractivity contribution in [1.82, 2.24) is 14.4 Å². The van der Waals surface area contributed by atoms with Crippen LogP contribution in [0, 0.1) is 27.7 Å². The molecule has 1 fully saturated rings. The Labute approximate surface area is 254 Å². The van der Waals surface area contributed by atoms with Crippen LogP contribution in [0.1, 0.15) is 65.9 Å². The molecule has 9 heteroatoms. The molecule has 1 saturated heterocycles. The number of aromatic nitrogens is 3. The van der Waals surface area contributed by atoms with E-state index >= 15 is 0 Å². The first-order chi connectivity index (χ1) is 20.7. The number of aliphatic hydroxyl groups excluding tert-OH is 1. The van der Waals surface area contributed by atoms with E-state index in [1.54, 1.807) is 0 Å². The Balaban J connectivity index is 1.54. The number of unbranched alkanes of at least 4 members (excludes halogenated alkanes) is 2. The maximum Gasteiger partial charge on any atom is 0.301 e. The molecule has 1 unspecified atom stereocenters. The number of rotatable bonds is 8. The smallest absolute Gasteiger partial charge is 0.301 e. The fraction of sp³-hybridized carbons (Fsp3) is 0.294. The number of hydrogen-bond donors (Lipinski definition) is 1. The van der Waals surface area contributed by atoms with Crippen LogP contribution in [-0.2, 0) is 9.59 Å². The second-order valence-corrected chi connectivity index (χ2v) is 12.2. The van der Waals surface area contributed by atoms with E-state index in [9.17, 15) is 14.7 Å². The van der Waals surface area contributed by atoms with Gasteiger partial charge in [-0.05, 0) is 80.6 Å². The van der Waals surface area contributed by atoms with Crippen molar-refractivity contribution in [1.29, 1.82) is 0 Å². The number of carbonyl (C=O) groups excluding carboxylic acids is 2. The van der Waals surface area contributed by atoms with Crippen LogP contribution in [0.3, 0.4) is 0 Å². The van der Waals surface area contributed by atoms with Gasteiger partial charge >= 0.3 is 5.91 Å². The maximum absolute atomic E-state index is 13.8. The van der Waals surface area contributed by atoms with Gasteiger partial charge in [0.2, 0.25) is 0 Å².